The van der Waals surface area contributed by atoms with Gasteiger partial charge in [-0.2, -0.15) is 0 Å². The number of rotatable bonds is 4. The smallest absolute Gasteiger partial charge is 0.285 e. The molecule has 226 valence electrons. The number of ether oxygens (including phenoxy) is 2. The van der Waals surface area contributed by atoms with Crippen molar-refractivity contribution < 1.29 is 19.1 Å². The molecule has 4 aliphatic heterocycles. The van der Waals surface area contributed by atoms with Crippen LogP contribution in [0.15, 0.2) is 22.1 Å². The summed E-state index contributed by atoms with van der Waals surface area (Å²) in [7, 11) is 0. The second-order valence-corrected chi connectivity index (χ2v) is 16.3. The van der Waals surface area contributed by atoms with E-state index in [1.807, 2.05) is 53.7 Å². The van der Waals surface area contributed by atoms with Crippen LogP contribution in [0.25, 0.3) is 20.9 Å². The summed E-state index contributed by atoms with van der Waals surface area (Å²) >= 11 is 15.9. The van der Waals surface area contributed by atoms with Crippen molar-refractivity contribution in [2.75, 3.05) is 13.1 Å². The van der Waals surface area contributed by atoms with Crippen LogP contribution in [0, 0.1) is 0 Å². The average molecular weight is 701 g/mol. The van der Waals surface area contributed by atoms with Crippen molar-refractivity contribution >= 4 is 111 Å². The van der Waals surface area contributed by atoms with E-state index in [1.54, 1.807) is 0 Å². The minimum absolute atomic E-state index is 0.206. The largest absolute Gasteiger partial charge is 0.481 e. The van der Waals surface area contributed by atoms with Gasteiger partial charge < -0.3 is 9.47 Å². The predicted molar refractivity (Wildman–Crippen MR) is 185 cm³/mol. The van der Waals surface area contributed by atoms with Gasteiger partial charge in [0.1, 0.15) is 42.7 Å². The molecule has 0 radical (unpaired) electrons. The Bertz CT molecular complexity index is 1770. The van der Waals surface area contributed by atoms with Gasteiger partial charge in [-0.25, -0.2) is 20.0 Å². The standard InChI is InChI=1S/C28H24N6O4S6/c1-7-33-21(35)19(43-25(33)39)31-23-29-17-15(41-23)11-9-14-12(10-13(11)37-27(17,3)4)16-18(28(5,6)38-14)30-24(42-16)32-20-22(36)34(8-2)26(40)44-20/h9-10H,7-8H2,1-6H3. The normalized spacial score (nSPS) is 21.4. The number of benzene rings is 1. The number of amides is 2. The maximum absolute atomic E-state index is 12.8. The molecule has 2 fully saturated rings. The van der Waals surface area contributed by atoms with Crippen molar-refractivity contribution in [3.05, 3.63) is 23.5 Å². The molecule has 1 aromatic carbocycles. The number of hydrogen-bond acceptors (Lipinski definition) is 14. The number of aromatic nitrogens is 2. The van der Waals surface area contributed by atoms with Gasteiger partial charge in [-0.1, -0.05) is 47.1 Å². The van der Waals surface area contributed by atoms with Crippen molar-refractivity contribution in [3.8, 4) is 32.4 Å². The Balaban J connectivity index is 1.30. The van der Waals surface area contributed by atoms with Crippen LogP contribution in [0.3, 0.4) is 0 Å². The van der Waals surface area contributed by atoms with E-state index in [-0.39, 0.29) is 11.8 Å². The van der Waals surface area contributed by atoms with E-state index in [0.29, 0.717) is 53.6 Å². The molecule has 0 N–H and O–H groups in total. The minimum Gasteiger partial charge on any atom is -0.481 e. The highest BCUT2D eigenvalue weighted by atomic mass is 32.2. The lowest BCUT2D eigenvalue weighted by Crippen LogP contribution is -2.31. The SMILES string of the molecule is CCN1C(=O)C(=Nc2nc3c(s2)-c2cc4c(cc2OC3(C)C)-c2sc(N=C3SC(=S)N(CC)C3=O)nc2C(C)(C)O4)SC1=S. The van der Waals surface area contributed by atoms with Gasteiger partial charge in [0.15, 0.2) is 10.1 Å². The van der Waals surface area contributed by atoms with Crippen LogP contribution in [0.2, 0.25) is 0 Å². The summed E-state index contributed by atoms with van der Waals surface area (Å²) in [5.41, 5.74) is 1.64. The highest BCUT2D eigenvalue weighted by Gasteiger charge is 2.42. The Hall–Kier alpha value is -2.76. The van der Waals surface area contributed by atoms with Crippen molar-refractivity contribution in [1.82, 2.24) is 19.8 Å². The zero-order chi connectivity index (χ0) is 31.3. The number of thiazole rings is 2. The van der Waals surface area contributed by atoms with Crippen molar-refractivity contribution in [3.63, 3.8) is 0 Å². The summed E-state index contributed by atoms with van der Waals surface area (Å²) in [6.45, 7) is 12.6. The van der Waals surface area contributed by atoms with E-state index in [0.717, 1.165) is 32.3 Å². The fraction of sp³-hybridized carbons (Fsp3) is 0.357. The van der Waals surface area contributed by atoms with Crippen LogP contribution in [0.4, 0.5) is 10.3 Å². The average Bonchev–Trinajstić information content (AvgIpc) is 3.69. The fourth-order valence-corrected chi connectivity index (χ4v) is 10.1. The molecule has 6 heterocycles. The minimum atomic E-state index is -0.755. The molecular weight excluding hydrogens is 677 g/mol. The fourth-order valence-electron chi connectivity index (χ4n) is 5.24. The quantitative estimate of drug-likeness (QED) is 0.264. The number of carbonyl (C=O) groups is 2. The first-order valence-corrected chi connectivity index (χ1v) is 17.7. The molecule has 10 nitrogen and oxygen atoms in total. The Morgan fingerprint density at radius 1 is 0.750 bits per heavy atom. The molecule has 0 spiro atoms. The highest BCUT2D eigenvalue weighted by molar-refractivity contribution is 8.35. The molecule has 0 unspecified atom stereocenters. The lowest BCUT2D eigenvalue weighted by Gasteiger charge is -2.35. The van der Waals surface area contributed by atoms with Crippen LogP contribution in [0.5, 0.6) is 11.5 Å². The monoisotopic (exact) mass is 700 g/mol. The van der Waals surface area contributed by atoms with E-state index in [9.17, 15) is 9.59 Å². The topological polar surface area (TPSA) is 110 Å². The Labute approximate surface area is 280 Å². The third kappa shape index (κ3) is 4.64. The summed E-state index contributed by atoms with van der Waals surface area (Å²) in [5, 5.41) is 1.56. The molecule has 0 atom stereocenters. The second kappa shape index (κ2) is 10.4. The molecule has 2 aromatic heterocycles. The summed E-state index contributed by atoms with van der Waals surface area (Å²) < 4.78 is 14.0. The molecule has 7 rings (SSSR count). The van der Waals surface area contributed by atoms with Gasteiger partial charge in [-0.3, -0.25) is 19.4 Å². The second-order valence-electron chi connectivity index (χ2n) is 11.1. The Morgan fingerprint density at radius 3 is 1.48 bits per heavy atom. The van der Waals surface area contributed by atoms with E-state index >= 15 is 0 Å². The van der Waals surface area contributed by atoms with Gasteiger partial charge in [-0.15, -0.1) is 0 Å². The molecule has 3 aromatic rings. The summed E-state index contributed by atoms with van der Waals surface area (Å²) in [6.07, 6.45) is 0. The van der Waals surface area contributed by atoms with Crippen molar-refractivity contribution in [1.29, 1.82) is 0 Å². The van der Waals surface area contributed by atoms with Gasteiger partial charge >= 0.3 is 0 Å². The number of hydrogen-bond donors (Lipinski definition) is 0. The van der Waals surface area contributed by atoms with Gasteiger partial charge in [-0.05, 0) is 77.2 Å². The van der Waals surface area contributed by atoms with E-state index < -0.39 is 11.2 Å². The first-order valence-electron chi connectivity index (χ1n) is 13.7. The summed E-state index contributed by atoms with van der Waals surface area (Å²) in [4.78, 5) is 49.2. The number of nitrogens with zero attached hydrogens (tertiary/aromatic N) is 6. The Kier molecular flexibility index (Phi) is 7.06. The van der Waals surface area contributed by atoms with Gasteiger partial charge in [0.25, 0.3) is 11.8 Å². The maximum atomic E-state index is 12.8. The van der Waals surface area contributed by atoms with Crippen LogP contribution in [0.1, 0.15) is 52.9 Å². The molecular formula is C28H24N6O4S6. The van der Waals surface area contributed by atoms with Crippen LogP contribution >= 0.6 is 70.6 Å². The third-order valence-corrected chi connectivity index (χ3v) is 12.0. The zero-order valence-corrected chi connectivity index (χ0v) is 29.2. The molecule has 16 heteroatoms. The molecule has 4 aliphatic rings. The molecule has 2 amide bonds. The summed E-state index contributed by atoms with van der Waals surface area (Å²) in [5.74, 6) is 0.939. The predicted octanol–water partition coefficient (Wildman–Crippen LogP) is 7.01. The van der Waals surface area contributed by atoms with Crippen molar-refractivity contribution in [2.24, 2.45) is 9.98 Å². The molecule has 44 heavy (non-hydrogen) atoms. The van der Waals surface area contributed by atoms with Crippen molar-refractivity contribution in [2.45, 2.75) is 52.7 Å². The van der Waals surface area contributed by atoms with Gasteiger partial charge in [0, 0.05) is 24.2 Å². The number of thioether (sulfide) groups is 2. The van der Waals surface area contributed by atoms with Crippen LogP contribution in [-0.4, -0.2) is 63.4 Å². The maximum Gasteiger partial charge on any atom is 0.285 e. The third-order valence-electron chi connectivity index (χ3n) is 7.37. The van der Waals surface area contributed by atoms with E-state index in [4.69, 9.17) is 43.9 Å². The number of aliphatic imine (C=N–C) groups is 2. The van der Waals surface area contributed by atoms with Crippen LogP contribution in [-0.2, 0) is 20.8 Å². The Morgan fingerprint density at radius 2 is 1.14 bits per heavy atom. The lowest BCUT2D eigenvalue weighted by molar-refractivity contribution is -0.120. The zero-order valence-electron chi connectivity index (χ0n) is 24.3. The van der Waals surface area contributed by atoms with Gasteiger partial charge in [0.05, 0.1) is 9.75 Å². The molecule has 0 saturated carbocycles. The lowest BCUT2D eigenvalue weighted by atomic mass is 9.92. The molecule has 0 aliphatic carbocycles. The number of carbonyl (C=O) groups excluding carboxylic acids is 2. The number of fused-ring (bicyclic) bond motifs is 6. The van der Waals surface area contributed by atoms with E-state index in [2.05, 4.69) is 9.98 Å². The number of thiocarbonyl (C=S) groups is 2. The van der Waals surface area contributed by atoms with E-state index in [1.165, 1.54) is 56.0 Å². The van der Waals surface area contributed by atoms with Crippen LogP contribution < -0.4 is 9.47 Å². The molecule has 2 saturated heterocycles. The highest BCUT2D eigenvalue weighted by Crippen LogP contribution is 2.56. The van der Waals surface area contributed by atoms with Gasteiger partial charge in [0.2, 0.25) is 10.3 Å². The summed E-state index contributed by atoms with van der Waals surface area (Å²) in [6, 6.07) is 3.95. The first kappa shape index (κ1) is 29.9. The first-order chi connectivity index (χ1) is 20.8. The molecule has 0 bridgehead atoms.